The summed E-state index contributed by atoms with van der Waals surface area (Å²) >= 11 is 0. The zero-order chi connectivity index (χ0) is 11.7. The van der Waals surface area contributed by atoms with Gasteiger partial charge >= 0.3 is 5.97 Å². The largest absolute Gasteiger partial charge is 0.465 e. The molecule has 0 aliphatic rings. The summed E-state index contributed by atoms with van der Waals surface area (Å²) in [5, 5.41) is 10.5. The van der Waals surface area contributed by atoms with Crippen molar-refractivity contribution < 1.29 is 14.6 Å². The summed E-state index contributed by atoms with van der Waals surface area (Å²) in [5.41, 5.74) is -0.178. The molecule has 15 heavy (non-hydrogen) atoms. The Bertz CT molecular complexity index is 176. The Labute approximate surface area is 92.8 Å². The van der Waals surface area contributed by atoms with Crippen LogP contribution in [0, 0.1) is 5.41 Å². The second kappa shape index (κ2) is 7.69. The van der Waals surface area contributed by atoms with Gasteiger partial charge in [0.25, 0.3) is 0 Å². The quantitative estimate of drug-likeness (QED) is 0.461. The third kappa shape index (κ3) is 8.43. The van der Waals surface area contributed by atoms with E-state index in [0.29, 0.717) is 19.4 Å². The molecule has 3 heteroatoms. The maximum atomic E-state index is 11.3. The van der Waals surface area contributed by atoms with Crippen LogP contribution in [-0.2, 0) is 14.6 Å². The first-order chi connectivity index (χ1) is 7.02. The summed E-state index contributed by atoms with van der Waals surface area (Å²) in [6, 6.07) is 0. The van der Waals surface area contributed by atoms with Gasteiger partial charge in [-0.1, -0.05) is 33.6 Å². The number of unbranched alkanes of at least 4 members (excludes halogenated alkanes) is 2. The van der Waals surface area contributed by atoms with Crippen molar-refractivity contribution in [1.29, 1.82) is 0 Å². The summed E-state index contributed by atoms with van der Waals surface area (Å²) in [7, 11) is 0. The van der Waals surface area contributed by atoms with Gasteiger partial charge < -0.3 is 4.74 Å². The molecular formula is C12H23O3. The zero-order valence-corrected chi connectivity index (χ0v) is 10.2. The topological polar surface area (TPSA) is 46.2 Å². The molecule has 1 radical (unpaired) electrons. The van der Waals surface area contributed by atoms with E-state index in [4.69, 9.17) is 4.74 Å². The molecule has 3 nitrogen and oxygen atoms in total. The molecule has 0 unspecified atom stereocenters. The van der Waals surface area contributed by atoms with Crippen molar-refractivity contribution in [2.75, 3.05) is 13.2 Å². The van der Waals surface area contributed by atoms with Crippen molar-refractivity contribution in [1.82, 2.24) is 0 Å². The molecular weight excluding hydrogens is 192 g/mol. The molecule has 0 aromatic rings. The SMILES string of the molecule is CCCCCC(=O)OCC(C)(C)CC[O]. The number of carbonyl (C=O) groups excluding carboxylic acids is 1. The Morgan fingerprint density at radius 1 is 1.27 bits per heavy atom. The van der Waals surface area contributed by atoms with Crippen molar-refractivity contribution in [2.24, 2.45) is 5.41 Å². The van der Waals surface area contributed by atoms with Crippen molar-refractivity contribution in [3.63, 3.8) is 0 Å². The van der Waals surface area contributed by atoms with E-state index in [0.717, 1.165) is 19.3 Å². The van der Waals surface area contributed by atoms with Gasteiger partial charge in [0.1, 0.15) is 0 Å². The van der Waals surface area contributed by atoms with Crippen LogP contribution < -0.4 is 0 Å². The molecule has 0 heterocycles. The maximum absolute atomic E-state index is 11.3. The molecule has 0 amide bonds. The van der Waals surface area contributed by atoms with Gasteiger partial charge in [-0.3, -0.25) is 4.79 Å². The summed E-state index contributed by atoms with van der Waals surface area (Å²) in [6.45, 7) is 6.25. The molecule has 0 aromatic heterocycles. The molecule has 0 aliphatic heterocycles. The molecule has 0 N–H and O–H groups in total. The van der Waals surface area contributed by atoms with Crippen molar-refractivity contribution in [3.8, 4) is 0 Å². The highest BCUT2D eigenvalue weighted by molar-refractivity contribution is 5.69. The normalized spacial score (nSPS) is 11.5. The molecule has 0 fully saturated rings. The average Bonchev–Trinajstić information content (AvgIpc) is 2.15. The summed E-state index contributed by atoms with van der Waals surface area (Å²) in [6.07, 6.45) is 4.13. The third-order valence-electron chi connectivity index (χ3n) is 2.39. The second-order valence-electron chi connectivity index (χ2n) is 4.74. The first-order valence-corrected chi connectivity index (χ1v) is 5.75. The Kier molecular flexibility index (Phi) is 7.39. The van der Waals surface area contributed by atoms with Crippen molar-refractivity contribution >= 4 is 5.97 Å². The van der Waals surface area contributed by atoms with Crippen LogP contribution in [0.4, 0.5) is 0 Å². The second-order valence-corrected chi connectivity index (χ2v) is 4.74. The van der Waals surface area contributed by atoms with Crippen molar-refractivity contribution in [2.45, 2.75) is 52.9 Å². The number of hydrogen-bond donors (Lipinski definition) is 0. The summed E-state index contributed by atoms with van der Waals surface area (Å²) in [5.74, 6) is -0.137. The van der Waals surface area contributed by atoms with Gasteiger partial charge in [-0.15, -0.1) is 0 Å². The smallest absolute Gasteiger partial charge is 0.305 e. The molecule has 0 saturated heterocycles. The minimum atomic E-state index is -0.178. The van der Waals surface area contributed by atoms with Crippen molar-refractivity contribution in [3.05, 3.63) is 0 Å². The van der Waals surface area contributed by atoms with Gasteiger partial charge in [0, 0.05) is 11.8 Å². The van der Waals surface area contributed by atoms with E-state index in [1.54, 1.807) is 0 Å². The Morgan fingerprint density at radius 3 is 2.47 bits per heavy atom. The first-order valence-electron chi connectivity index (χ1n) is 5.75. The van der Waals surface area contributed by atoms with Crippen LogP contribution in [0.2, 0.25) is 0 Å². The minimum Gasteiger partial charge on any atom is -0.465 e. The van der Waals surface area contributed by atoms with Gasteiger partial charge in [-0.2, -0.15) is 0 Å². The van der Waals surface area contributed by atoms with Crippen LogP contribution in [0.3, 0.4) is 0 Å². The van der Waals surface area contributed by atoms with E-state index in [2.05, 4.69) is 6.92 Å². The highest BCUT2D eigenvalue weighted by Gasteiger charge is 2.19. The van der Waals surface area contributed by atoms with Gasteiger partial charge in [-0.25, -0.2) is 5.11 Å². The predicted octanol–water partition coefficient (Wildman–Crippen LogP) is 2.96. The zero-order valence-electron chi connectivity index (χ0n) is 10.2. The Hall–Kier alpha value is -0.570. The van der Waals surface area contributed by atoms with E-state index in [1.807, 2.05) is 13.8 Å². The van der Waals surface area contributed by atoms with Gasteiger partial charge in [-0.05, 0) is 12.8 Å². The highest BCUT2D eigenvalue weighted by atomic mass is 16.5. The predicted molar refractivity (Wildman–Crippen MR) is 59.1 cm³/mol. The fraction of sp³-hybridized carbons (Fsp3) is 0.917. The Balaban J connectivity index is 3.60. The minimum absolute atomic E-state index is 0.111. The molecule has 0 saturated carbocycles. The van der Waals surface area contributed by atoms with Crippen LogP contribution in [0.5, 0.6) is 0 Å². The van der Waals surface area contributed by atoms with Crippen LogP contribution in [-0.4, -0.2) is 19.2 Å². The van der Waals surface area contributed by atoms with E-state index < -0.39 is 0 Å². The molecule has 0 rings (SSSR count). The molecule has 89 valence electrons. The summed E-state index contributed by atoms with van der Waals surface area (Å²) < 4.78 is 5.13. The lowest BCUT2D eigenvalue weighted by molar-refractivity contribution is -0.147. The average molecular weight is 215 g/mol. The maximum Gasteiger partial charge on any atom is 0.305 e. The van der Waals surface area contributed by atoms with E-state index in [-0.39, 0.29) is 18.0 Å². The van der Waals surface area contributed by atoms with Gasteiger partial charge in [0.2, 0.25) is 0 Å². The molecule has 0 atom stereocenters. The van der Waals surface area contributed by atoms with E-state index in [9.17, 15) is 9.90 Å². The van der Waals surface area contributed by atoms with Gasteiger partial charge in [0.15, 0.2) is 0 Å². The fourth-order valence-corrected chi connectivity index (χ4v) is 1.22. The monoisotopic (exact) mass is 215 g/mol. The first kappa shape index (κ1) is 14.4. The highest BCUT2D eigenvalue weighted by Crippen LogP contribution is 2.20. The van der Waals surface area contributed by atoms with Crippen LogP contribution >= 0.6 is 0 Å². The number of hydrogen-bond acceptors (Lipinski definition) is 2. The van der Waals surface area contributed by atoms with Gasteiger partial charge in [0.05, 0.1) is 13.2 Å². The number of esters is 1. The molecule has 0 aromatic carbocycles. The van der Waals surface area contributed by atoms with Crippen LogP contribution in [0.1, 0.15) is 52.9 Å². The fourth-order valence-electron chi connectivity index (χ4n) is 1.22. The lowest BCUT2D eigenvalue weighted by Gasteiger charge is -2.22. The van der Waals surface area contributed by atoms with Crippen LogP contribution in [0.15, 0.2) is 0 Å². The lowest BCUT2D eigenvalue weighted by atomic mass is 9.91. The van der Waals surface area contributed by atoms with E-state index in [1.165, 1.54) is 0 Å². The number of ether oxygens (including phenoxy) is 1. The lowest BCUT2D eigenvalue weighted by Crippen LogP contribution is -2.22. The summed E-state index contributed by atoms with van der Waals surface area (Å²) in [4.78, 5) is 11.3. The third-order valence-corrected chi connectivity index (χ3v) is 2.39. The molecule has 0 aliphatic carbocycles. The standard InChI is InChI=1S/C12H23O3/c1-4-5-6-7-11(14)15-10-12(2,3)8-9-13/h4-10H2,1-3H3. The van der Waals surface area contributed by atoms with Crippen LogP contribution in [0.25, 0.3) is 0 Å². The molecule has 0 bridgehead atoms. The number of rotatable bonds is 8. The van der Waals surface area contributed by atoms with E-state index >= 15 is 0 Å². The Morgan fingerprint density at radius 2 is 1.93 bits per heavy atom. The number of carbonyl (C=O) groups is 1. The molecule has 0 spiro atoms.